The van der Waals surface area contributed by atoms with Crippen LogP contribution in [0.3, 0.4) is 0 Å². The number of nitro benzene ring substituents is 1. The molecule has 8 nitrogen and oxygen atoms in total. The van der Waals surface area contributed by atoms with Gasteiger partial charge in [-0.15, -0.1) is 0 Å². The van der Waals surface area contributed by atoms with Crippen molar-refractivity contribution >= 4 is 34.4 Å². The van der Waals surface area contributed by atoms with Crippen molar-refractivity contribution in [2.24, 2.45) is 0 Å². The Morgan fingerprint density at radius 3 is 2.87 bits per heavy atom. The van der Waals surface area contributed by atoms with Gasteiger partial charge in [0.2, 0.25) is 6.79 Å². The number of aromatic amines is 1. The summed E-state index contributed by atoms with van der Waals surface area (Å²) in [5.41, 5.74) is 4.56. The summed E-state index contributed by atoms with van der Waals surface area (Å²) in [6.07, 6.45) is 3.94. The molecule has 0 saturated heterocycles. The zero-order valence-corrected chi connectivity index (χ0v) is 16.4. The molecule has 154 valence electrons. The molecule has 0 atom stereocenters. The number of non-ortho nitro benzene ring substituents is 1. The summed E-state index contributed by atoms with van der Waals surface area (Å²) in [6.45, 7) is 0.795. The number of fused-ring (bicyclic) bond motifs is 2. The van der Waals surface area contributed by atoms with Gasteiger partial charge in [-0.05, 0) is 41.5 Å². The highest BCUT2D eigenvalue weighted by Crippen LogP contribution is 2.33. The molecule has 4 aromatic rings. The van der Waals surface area contributed by atoms with E-state index in [1.807, 2.05) is 48.6 Å². The van der Waals surface area contributed by atoms with Crippen LogP contribution in [-0.2, 0) is 6.54 Å². The minimum atomic E-state index is -0.402. The topological polar surface area (TPSA) is 102 Å². The monoisotopic (exact) mass is 414 g/mol. The van der Waals surface area contributed by atoms with E-state index in [4.69, 9.17) is 9.47 Å². The first kappa shape index (κ1) is 18.7. The molecule has 0 saturated carbocycles. The second kappa shape index (κ2) is 7.83. The molecule has 1 aliphatic heterocycles. The van der Waals surface area contributed by atoms with E-state index in [0.29, 0.717) is 12.2 Å². The number of rotatable bonds is 6. The molecule has 1 aromatic heterocycles. The predicted octanol–water partition coefficient (Wildman–Crippen LogP) is 4.98. The van der Waals surface area contributed by atoms with Crippen LogP contribution in [0.5, 0.6) is 11.5 Å². The second-order valence-corrected chi connectivity index (χ2v) is 7.10. The number of anilines is 1. The van der Waals surface area contributed by atoms with Crippen LogP contribution in [0.1, 0.15) is 16.8 Å². The SMILES string of the molecule is O=[N+]([O-])c1cccc(NCc2ccc3c(/C=C/c4ccc5c(c4)OCO5)n[nH]c3c2)c1. The van der Waals surface area contributed by atoms with Gasteiger partial charge in [-0.1, -0.05) is 30.3 Å². The summed E-state index contributed by atoms with van der Waals surface area (Å²) in [4.78, 5) is 10.5. The highest BCUT2D eigenvalue weighted by atomic mass is 16.7. The van der Waals surface area contributed by atoms with Gasteiger partial charge in [0.25, 0.3) is 5.69 Å². The van der Waals surface area contributed by atoms with Gasteiger partial charge in [-0.2, -0.15) is 5.10 Å². The summed E-state index contributed by atoms with van der Waals surface area (Å²) in [6, 6.07) is 18.3. The van der Waals surface area contributed by atoms with Crippen LogP contribution in [-0.4, -0.2) is 21.9 Å². The summed E-state index contributed by atoms with van der Waals surface area (Å²) < 4.78 is 10.8. The molecular weight excluding hydrogens is 396 g/mol. The fraction of sp³-hybridized carbons (Fsp3) is 0.0870. The van der Waals surface area contributed by atoms with Crippen molar-refractivity contribution in [2.75, 3.05) is 12.1 Å². The number of nitrogens with one attached hydrogen (secondary N) is 2. The minimum Gasteiger partial charge on any atom is -0.454 e. The van der Waals surface area contributed by atoms with Gasteiger partial charge in [0.15, 0.2) is 11.5 Å². The van der Waals surface area contributed by atoms with Gasteiger partial charge < -0.3 is 14.8 Å². The Kier molecular flexibility index (Phi) is 4.72. The van der Waals surface area contributed by atoms with E-state index in [9.17, 15) is 10.1 Å². The predicted molar refractivity (Wildman–Crippen MR) is 118 cm³/mol. The van der Waals surface area contributed by atoms with Gasteiger partial charge >= 0.3 is 0 Å². The lowest BCUT2D eigenvalue weighted by Crippen LogP contribution is -2.00. The number of nitro groups is 1. The number of ether oxygens (including phenoxy) is 2. The van der Waals surface area contributed by atoms with Crippen LogP contribution in [0.25, 0.3) is 23.1 Å². The Morgan fingerprint density at radius 2 is 1.97 bits per heavy atom. The molecule has 3 aromatic carbocycles. The van der Waals surface area contributed by atoms with Crippen molar-refractivity contribution in [1.82, 2.24) is 10.2 Å². The Morgan fingerprint density at radius 1 is 1.06 bits per heavy atom. The van der Waals surface area contributed by atoms with Gasteiger partial charge in [0, 0.05) is 29.8 Å². The largest absolute Gasteiger partial charge is 0.454 e. The maximum Gasteiger partial charge on any atom is 0.271 e. The van der Waals surface area contributed by atoms with E-state index in [0.717, 1.165) is 39.2 Å². The standard InChI is InChI=1S/C23H18N4O4/c28-27(29)18-3-1-2-17(12-18)24-13-16-4-7-19-20(25-26-21(19)10-16)8-5-15-6-9-22-23(11-15)31-14-30-22/h1-12,24H,13-14H2,(H,25,26)/b8-5+. The first-order valence-electron chi connectivity index (χ1n) is 9.69. The average Bonchev–Trinajstić information content (AvgIpc) is 3.42. The van der Waals surface area contributed by atoms with Crippen molar-refractivity contribution in [2.45, 2.75) is 6.54 Å². The molecule has 0 aliphatic carbocycles. The molecule has 0 unspecified atom stereocenters. The summed E-state index contributed by atoms with van der Waals surface area (Å²) >= 11 is 0. The van der Waals surface area contributed by atoms with Crippen molar-refractivity contribution in [3.05, 3.63) is 87.6 Å². The van der Waals surface area contributed by atoms with Crippen LogP contribution in [0.2, 0.25) is 0 Å². The van der Waals surface area contributed by atoms with E-state index >= 15 is 0 Å². The van der Waals surface area contributed by atoms with E-state index in [1.165, 1.54) is 12.1 Å². The zero-order chi connectivity index (χ0) is 21.2. The second-order valence-electron chi connectivity index (χ2n) is 7.10. The third kappa shape index (κ3) is 3.91. The van der Waals surface area contributed by atoms with Crippen molar-refractivity contribution in [3.63, 3.8) is 0 Å². The number of H-pyrrole nitrogens is 1. The zero-order valence-electron chi connectivity index (χ0n) is 16.4. The van der Waals surface area contributed by atoms with Crippen LogP contribution in [0.15, 0.2) is 60.7 Å². The highest BCUT2D eigenvalue weighted by molar-refractivity contribution is 5.89. The van der Waals surface area contributed by atoms with Gasteiger partial charge in [-0.25, -0.2) is 0 Å². The first-order chi connectivity index (χ1) is 15.2. The summed E-state index contributed by atoms with van der Waals surface area (Å²) in [5.74, 6) is 1.50. The van der Waals surface area contributed by atoms with E-state index in [1.54, 1.807) is 12.1 Å². The smallest absolute Gasteiger partial charge is 0.271 e. The maximum atomic E-state index is 10.9. The van der Waals surface area contributed by atoms with Crippen molar-refractivity contribution in [1.29, 1.82) is 0 Å². The number of hydrogen-bond donors (Lipinski definition) is 2. The fourth-order valence-corrected chi connectivity index (χ4v) is 3.45. The maximum absolute atomic E-state index is 10.9. The normalized spacial score (nSPS) is 12.5. The highest BCUT2D eigenvalue weighted by Gasteiger charge is 2.12. The molecule has 0 fully saturated rings. The molecule has 0 radical (unpaired) electrons. The van der Waals surface area contributed by atoms with E-state index in [2.05, 4.69) is 15.5 Å². The number of nitrogens with zero attached hydrogens (tertiary/aromatic N) is 2. The van der Waals surface area contributed by atoms with Crippen LogP contribution in [0, 0.1) is 10.1 Å². The van der Waals surface area contributed by atoms with Crippen LogP contribution >= 0.6 is 0 Å². The summed E-state index contributed by atoms with van der Waals surface area (Å²) in [5, 5.41) is 22.6. The number of benzene rings is 3. The molecule has 5 rings (SSSR count). The summed E-state index contributed by atoms with van der Waals surface area (Å²) in [7, 11) is 0. The lowest BCUT2D eigenvalue weighted by atomic mass is 10.1. The molecule has 1 aliphatic rings. The Labute approximate surface area is 177 Å². The molecule has 0 bridgehead atoms. The minimum absolute atomic E-state index is 0.0629. The van der Waals surface area contributed by atoms with Gasteiger partial charge in [0.05, 0.1) is 16.1 Å². The van der Waals surface area contributed by atoms with E-state index < -0.39 is 4.92 Å². The molecule has 2 N–H and O–H groups in total. The molecular formula is C23H18N4O4. The van der Waals surface area contributed by atoms with E-state index in [-0.39, 0.29) is 12.5 Å². The lowest BCUT2D eigenvalue weighted by Gasteiger charge is -2.06. The lowest BCUT2D eigenvalue weighted by molar-refractivity contribution is -0.384. The quantitative estimate of drug-likeness (QED) is 0.341. The number of hydrogen-bond acceptors (Lipinski definition) is 6. The molecule has 2 heterocycles. The van der Waals surface area contributed by atoms with Gasteiger partial charge in [0.1, 0.15) is 0 Å². The molecule has 31 heavy (non-hydrogen) atoms. The fourth-order valence-electron chi connectivity index (χ4n) is 3.45. The molecule has 8 heteroatoms. The van der Waals surface area contributed by atoms with Crippen molar-refractivity contribution < 1.29 is 14.4 Å². The van der Waals surface area contributed by atoms with Crippen LogP contribution < -0.4 is 14.8 Å². The van der Waals surface area contributed by atoms with Gasteiger partial charge in [-0.3, -0.25) is 15.2 Å². The third-order valence-corrected chi connectivity index (χ3v) is 5.04. The Bertz CT molecular complexity index is 1310. The first-order valence-corrected chi connectivity index (χ1v) is 9.69. The molecule has 0 amide bonds. The molecule has 0 spiro atoms. The van der Waals surface area contributed by atoms with Crippen LogP contribution in [0.4, 0.5) is 11.4 Å². The third-order valence-electron chi connectivity index (χ3n) is 5.04. The Balaban J connectivity index is 1.30. The average molecular weight is 414 g/mol. The van der Waals surface area contributed by atoms with Crippen molar-refractivity contribution in [3.8, 4) is 11.5 Å². The Hall–Kier alpha value is -4.33. The number of aromatic nitrogens is 2.